The fourth-order valence-corrected chi connectivity index (χ4v) is 2.39. The lowest BCUT2D eigenvalue weighted by Gasteiger charge is -2.14. The van der Waals surface area contributed by atoms with Crippen LogP contribution in [0, 0.1) is 0 Å². The van der Waals surface area contributed by atoms with E-state index < -0.39 is 0 Å². The van der Waals surface area contributed by atoms with E-state index in [1.54, 1.807) is 0 Å². The fraction of sp³-hybridized carbons (Fsp3) is 0.278. The summed E-state index contributed by atoms with van der Waals surface area (Å²) >= 11 is 0. The van der Waals surface area contributed by atoms with E-state index in [0.717, 1.165) is 35.8 Å². The van der Waals surface area contributed by atoms with Gasteiger partial charge < -0.3 is 15.0 Å². The highest BCUT2D eigenvalue weighted by molar-refractivity contribution is 5.99. The van der Waals surface area contributed by atoms with Gasteiger partial charge in [0.2, 0.25) is 0 Å². The van der Waals surface area contributed by atoms with Crippen LogP contribution in [-0.4, -0.2) is 33.0 Å². The standard InChI is InChI=1S/C18H21N3O/c1-21(2)16-5-3-4-14(12-16)13-22-17-8-6-15(7-9-17)18-19-10-11-20-18/h3-9,12H,10-11,13H2,1-2H3,(H,19,20). The Morgan fingerprint density at radius 2 is 1.95 bits per heavy atom. The summed E-state index contributed by atoms with van der Waals surface area (Å²) in [6.07, 6.45) is 0. The Kier molecular flexibility index (Phi) is 4.28. The number of hydrogen-bond donors (Lipinski definition) is 1. The third-order valence-electron chi connectivity index (χ3n) is 3.63. The van der Waals surface area contributed by atoms with Crippen molar-refractivity contribution in [2.45, 2.75) is 6.61 Å². The van der Waals surface area contributed by atoms with E-state index in [9.17, 15) is 0 Å². The molecule has 1 heterocycles. The maximum absolute atomic E-state index is 5.87. The van der Waals surface area contributed by atoms with Crippen LogP contribution in [0.5, 0.6) is 5.75 Å². The number of aliphatic imine (C=N–C) groups is 1. The van der Waals surface area contributed by atoms with Gasteiger partial charge in [-0.05, 0) is 42.0 Å². The van der Waals surface area contributed by atoms with Crippen molar-refractivity contribution in [1.29, 1.82) is 0 Å². The highest BCUT2D eigenvalue weighted by Gasteiger charge is 2.07. The smallest absolute Gasteiger partial charge is 0.128 e. The highest BCUT2D eigenvalue weighted by Crippen LogP contribution is 2.17. The normalized spacial score (nSPS) is 13.5. The van der Waals surface area contributed by atoms with Gasteiger partial charge in [-0.15, -0.1) is 0 Å². The zero-order valence-corrected chi connectivity index (χ0v) is 13.0. The van der Waals surface area contributed by atoms with E-state index in [2.05, 4.69) is 39.5 Å². The largest absolute Gasteiger partial charge is 0.489 e. The first-order valence-corrected chi connectivity index (χ1v) is 7.50. The molecule has 2 aromatic rings. The Labute approximate surface area is 131 Å². The van der Waals surface area contributed by atoms with Crippen molar-refractivity contribution in [3.05, 3.63) is 59.7 Å². The number of benzene rings is 2. The number of anilines is 1. The number of rotatable bonds is 5. The Balaban J connectivity index is 1.63. The van der Waals surface area contributed by atoms with Crippen molar-refractivity contribution < 1.29 is 4.74 Å². The van der Waals surface area contributed by atoms with Gasteiger partial charge in [-0.3, -0.25) is 4.99 Å². The monoisotopic (exact) mass is 295 g/mol. The molecule has 2 aromatic carbocycles. The quantitative estimate of drug-likeness (QED) is 0.921. The molecule has 4 heteroatoms. The predicted octanol–water partition coefficient (Wildman–Crippen LogP) is 2.68. The number of amidine groups is 1. The molecular formula is C18H21N3O. The van der Waals surface area contributed by atoms with Gasteiger partial charge in [-0.2, -0.15) is 0 Å². The van der Waals surface area contributed by atoms with E-state index in [0.29, 0.717) is 6.61 Å². The third-order valence-corrected chi connectivity index (χ3v) is 3.63. The molecule has 0 spiro atoms. The zero-order chi connectivity index (χ0) is 15.4. The van der Waals surface area contributed by atoms with Crippen LogP contribution in [0.1, 0.15) is 11.1 Å². The van der Waals surface area contributed by atoms with Crippen molar-refractivity contribution in [3.8, 4) is 5.75 Å². The molecule has 114 valence electrons. The van der Waals surface area contributed by atoms with Gasteiger partial charge in [-0.1, -0.05) is 12.1 Å². The molecule has 0 bridgehead atoms. The van der Waals surface area contributed by atoms with Crippen LogP contribution in [0.2, 0.25) is 0 Å². The lowest BCUT2D eigenvalue weighted by Crippen LogP contribution is -2.19. The summed E-state index contributed by atoms with van der Waals surface area (Å²) in [5.74, 6) is 1.85. The number of nitrogens with one attached hydrogen (secondary N) is 1. The van der Waals surface area contributed by atoms with Gasteiger partial charge in [0.25, 0.3) is 0 Å². The maximum atomic E-state index is 5.87. The molecular weight excluding hydrogens is 274 g/mol. The van der Waals surface area contributed by atoms with Crippen molar-refractivity contribution in [1.82, 2.24) is 5.32 Å². The average molecular weight is 295 g/mol. The molecule has 0 saturated carbocycles. The summed E-state index contributed by atoms with van der Waals surface area (Å²) in [7, 11) is 4.08. The molecule has 22 heavy (non-hydrogen) atoms. The first-order chi connectivity index (χ1) is 10.7. The van der Waals surface area contributed by atoms with Crippen molar-refractivity contribution in [2.75, 3.05) is 32.1 Å². The second kappa shape index (κ2) is 6.52. The van der Waals surface area contributed by atoms with E-state index in [1.165, 1.54) is 5.69 Å². The van der Waals surface area contributed by atoms with Gasteiger partial charge >= 0.3 is 0 Å². The predicted molar refractivity (Wildman–Crippen MR) is 90.9 cm³/mol. The first-order valence-electron chi connectivity index (χ1n) is 7.50. The molecule has 3 rings (SSSR count). The van der Waals surface area contributed by atoms with Gasteiger partial charge in [0.05, 0.1) is 6.54 Å². The Morgan fingerprint density at radius 1 is 1.14 bits per heavy atom. The van der Waals surface area contributed by atoms with Gasteiger partial charge in [0.1, 0.15) is 18.2 Å². The summed E-state index contributed by atoms with van der Waals surface area (Å²) in [6, 6.07) is 16.4. The molecule has 0 aromatic heterocycles. The van der Waals surface area contributed by atoms with Crippen LogP contribution in [0.15, 0.2) is 53.5 Å². The van der Waals surface area contributed by atoms with Crippen LogP contribution in [0.25, 0.3) is 0 Å². The molecule has 0 atom stereocenters. The van der Waals surface area contributed by atoms with Crippen molar-refractivity contribution in [3.63, 3.8) is 0 Å². The van der Waals surface area contributed by atoms with E-state index in [1.807, 2.05) is 38.4 Å². The van der Waals surface area contributed by atoms with Crippen LogP contribution in [0.3, 0.4) is 0 Å². The topological polar surface area (TPSA) is 36.9 Å². The van der Waals surface area contributed by atoms with Crippen molar-refractivity contribution >= 4 is 11.5 Å². The first kappa shape index (κ1) is 14.4. The zero-order valence-electron chi connectivity index (χ0n) is 13.0. The summed E-state index contributed by atoms with van der Waals surface area (Å²) in [6.45, 7) is 2.35. The van der Waals surface area contributed by atoms with Crippen LogP contribution < -0.4 is 15.0 Å². The molecule has 0 radical (unpaired) electrons. The summed E-state index contributed by atoms with van der Waals surface area (Å²) in [5.41, 5.74) is 3.46. The maximum Gasteiger partial charge on any atom is 0.128 e. The van der Waals surface area contributed by atoms with E-state index in [-0.39, 0.29) is 0 Å². The minimum absolute atomic E-state index is 0.570. The lowest BCUT2D eigenvalue weighted by molar-refractivity contribution is 0.306. The Hall–Kier alpha value is -2.49. The van der Waals surface area contributed by atoms with Crippen LogP contribution in [0.4, 0.5) is 5.69 Å². The SMILES string of the molecule is CN(C)c1cccc(COc2ccc(C3=NCCN3)cc2)c1. The number of hydrogen-bond acceptors (Lipinski definition) is 4. The lowest BCUT2D eigenvalue weighted by atomic mass is 10.2. The molecule has 1 N–H and O–H groups in total. The second-order valence-electron chi connectivity index (χ2n) is 5.53. The highest BCUT2D eigenvalue weighted by atomic mass is 16.5. The van der Waals surface area contributed by atoms with Crippen LogP contribution in [-0.2, 0) is 6.61 Å². The van der Waals surface area contributed by atoms with Crippen molar-refractivity contribution in [2.24, 2.45) is 4.99 Å². The minimum atomic E-state index is 0.570. The molecule has 0 aliphatic carbocycles. The van der Waals surface area contributed by atoms with Gasteiger partial charge in [0.15, 0.2) is 0 Å². The van der Waals surface area contributed by atoms with Gasteiger partial charge in [-0.25, -0.2) is 0 Å². The molecule has 4 nitrogen and oxygen atoms in total. The molecule has 1 aliphatic heterocycles. The van der Waals surface area contributed by atoms with E-state index in [4.69, 9.17) is 4.74 Å². The third kappa shape index (κ3) is 3.39. The van der Waals surface area contributed by atoms with E-state index >= 15 is 0 Å². The summed E-state index contributed by atoms with van der Waals surface area (Å²) in [4.78, 5) is 6.51. The molecule has 0 amide bonds. The number of nitrogens with zero attached hydrogens (tertiary/aromatic N) is 2. The summed E-state index contributed by atoms with van der Waals surface area (Å²) in [5, 5.41) is 3.27. The average Bonchev–Trinajstić information content (AvgIpc) is 3.08. The molecule has 0 unspecified atom stereocenters. The molecule has 1 aliphatic rings. The summed E-state index contributed by atoms with van der Waals surface area (Å²) < 4.78 is 5.87. The van der Waals surface area contributed by atoms with Gasteiger partial charge in [0, 0.05) is 31.9 Å². The number of ether oxygens (including phenoxy) is 1. The Morgan fingerprint density at radius 3 is 2.64 bits per heavy atom. The second-order valence-corrected chi connectivity index (χ2v) is 5.53. The fourth-order valence-electron chi connectivity index (χ4n) is 2.39. The Bertz CT molecular complexity index is 662. The van der Waals surface area contributed by atoms with Crippen LogP contribution >= 0.6 is 0 Å². The molecule has 0 fully saturated rings. The molecule has 0 saturated heterocycles. The minimum Gasteiger partial charge on any atom is -0.489 e.